The largest absolute Gasteiger partial charge is 0.465 e. The molecule has 0 N–H and O–H groups in total. The lowest BCUT2D eigenvalue weighted by Gasteiger charge is -2.30. The molecule has 7 aromatic rings. The summed E-state index contributed by atoms with van der Waals surface area (Å²) >= 11 is 7.68. The van der Waals surface area contributed by atoms with Crippen LogP contribution in [0, 0.1) is 0 Å². The summed E-state index contributed by atoms with van der Waals surface area (Å²) in [6.07, 6.45) is 0. The van der Waals surface area contributed by atoms with Crippen LogP contribution in [0.25, 0.3) is 33.9 Å². The van der Waals surface area contributed by atoms with Gasteiger partial charge in [-0.1, -0.05) is 117 Å². The van der Waals surface area contributed by atoms with Gasteiger partial charge in [-0.15, -0.1) is 0 Å². The minimum absolute atomic E-state index is 0.333. The summed E-state index contributed by atoms with van der Waals surface area (Å²) in [5.74, 6) is -3.23. The van der Waals surface area contributed by atoms with Crippen molar-refractivity contribution in [2.45, 2.75) is 5.79 Å². The number of carbonyl (C=O) groups excluding carboxylic acids is 4. The van der Waals surface area contributed by atoms with E-state index in [1.165, 1.54) is 28.4 Å². The number of ether oxygens (including phenoxy) is 4. The number of hydrogen-bond donors (Lipinski definition) is 0. The number of esters is 4. The fourth-order valence-corrected chi connectivity index (χ4v) is 8.47. The molecule has 0 radical (unpaired) electrons. The Bertz CT molecular complexity index is 2940. The zero-order valence-electron chi connectivity index (χ0n) is 34.7. The number of aromatic nitrogens is 2. The van der Waals surface area contributed by atoms with Crippen LogP contribution in [0.4, 0.5) is 0 Å². The molecular formula is C50H36Br2N4O8. The van der Waals surface area contributed by atoms with Crippen molar-refractivity contribution >= 4 is 67.2 Å². The highest BCUT2D eigenvalue weighted by molar-refractivity contribution is 9.10. The topological polar surface area (TPSA) is 148 Å². The lowest BCUT2D eigenvalue weighted by Crippen LogP contribution is -2.32. The molecule has 1 aromatic heterocycles. The highest BCUT2D eigenvalue weighted by Gasteiger charge is 2.46. The van der Waals surface area contributed by atoms with Gasteiger partial charge in [0.15, 0.2) is 0 Å². The van der Waals surface area contributed by atoms with Gasteiger partial charge in [-0.3, -0.25) is 4.57 Å². The second kappa shape index (κ2) is 18.2. The van der Waals surface area contributed by atoms with Crippen molar-refractivity contribution < 1.29 is 38.1 Å². The normalized spacial score (nSPS) is 12.8. The van der Waals surface area contributed by atoms with E-state index in [4.69, 9.17) is 33.9 Å². The molecule has 0 fully saturated rings. The van der Waals surface area contributed by atoms with E-state index in [1.54, 1.807) is 84.9 Å². The molecule has 8 rings (SSSR count). The molecule has 0 aliphatic carbocycles. The zero-order valence-corrected chi connectivity index (χ0v) is 37.8. The monoisotopic (exact) mass is 978 g/mol. The maximum Gasteiger partial charge on any atom is 0.337 e. The van der Waals surface area contributed by atoms with E-state index in [1.807, 2.05) is 65.2 Å². The number of aliphatic imine (C=N–C) groups is 2. The molecule has 1 aliphatic heterocycles. The minimum Gasteiger partial charge on any atom is -0.465 e. The van der Waals surface area contributed by atoms with Crippen molar-refractivity contribution in [3.05, 3.63) is 193 Å². The van der Waals surface area contributed by atoms with E-state index >= 15 is 0 Å². The Morgan fingerprint density at radius 2 is 0.844 bits per heavy atom. The van der Waals surface area contributed by atoms with Crippen molar-refractivity contribution in [3.63, 3.8) is 0 Å². The maximum absolute atomic E-state index is 12.8. The van der Waals surface area contributed by atoms with Gasteiger partial charge in [0.1, 0.15) is 5.82 Å². The van der Waals surface area contributed by atoms with Gasteiger partial charge in [0, 0.05) is 42.3 Å². The second-order valence-corrected chi connectivity index (χ2v) is 16.0. The number of imidazole rings is 1. The molecule has 0 atom stereocenters. The highest BCUT2D eigenvalue weighted by atomic mass is 79.9. The first kappa shape index (κ1) is 43.4. The Labute approximate surface area is 384 Å². The Hall–Kier alpha value is -7.29. The van der Waals surface area contributed by atoms with Crippen LogP contribution in [0.2, 0.25) is 0 Å². The number of rotatable bonds is 11. The fraction of sp³-hybridized carbons (Fsp3) is 0.100. The van der Waals surface area contributed by atoms with Gasteiger partial charge in [-0.25, -0.2) is 34.1 Å². The summed E-state index contributed by atoms with van der Waals surface area (Å²) < 4.78 is 23.4. The number of nitrogens with zero attached hydrogens (tertiary/aromatic N) is 4. The first-order valence-corrected chi connectivity index (χ1v) is 21.2. The number of methoxy groups -OCH3 is 4. The van der Waals surface area contributed by atoms with Gasteiger partial charge in [0.05, 0.1) is 73.5 Å². The SMILES string of the molecule is COC(=O)c1ccc(C2=NC(c3ccccc3Br)(n3c(-c4ccccc4Br)nc(-c4ccc(C(=O)OC)cc4)c3-c3ccc(C(=O)OC)cc3)N=C2c2ccc(C(=O)OC)cc2)cc1. The predicted molar refractivity (Wildman–Crippen MR) is 249 cm³/mol. The summed E-state index contributed by atoms with van der Waals surface area (Å²) in [6.45, 7) is 0. The van der Waals surface area contributed by atoms with Crippen molar-refractivity contribution in [1.29, 1.82) is 0 Å². The van der Waals surface area contributed by atoms with Gasteiger partial charge < -0.3 is 18.9 Å². The Balaban J connectivity index is 1.54. The van der Waals surface area contributed by atoms with Crippen LogP contribution in [0.5, 0.6) is 0 Å². The number of carbonyl (C=O) groups is 4. The van der Waals surface area contributed by atoms with Crippen molar-refractivity contribution in [3.8, 4) is 33.9 Å². The van der Waals surface area contributed by atoms with Crippen LogP contribution in [0.3, 0.4) is 0 Å². The van der Waals surface area contributed by atoms with E-state index in [9.17, 15) is 19.2 Å². The summed E-state index contributed by atoms with van der Waals surface area (Å²) in [7, 11) is 5.29. The molecule has 0 amide bonds. The summed E-state index contributed by atoms with van der Waals surface area (Å²) in [6, 6.07) is 43.0. The van der Waals surface area contributed by atoms with Crippen LogP contribution in [0.15, 0.2) is 165 Å². The van der Waals surface area contributed by atoms with E-state index in [2.05, 4.69) is 31.9 Å². The highest BCUT2D eigenvalue weighted by Crippen LogP contribution is 2.49. The van der Waals surface area contributed by atoms with Gasteiger partial charge in [-0.2, -0.15) is 0 Å². The number of hydrogen-bond acceptors (Lipinski definition) is 11. The minimum atomic E-state index is -1.69. The molecule has 1 aliphatic rings. The van der Waals surface area contributed by atoms with Crippen LogP contribution >= 0.6 is 31.9 Å². The van der Waals surface area contributed by atoms with Crippen LogP contribution < -0.4 is 0 Å². The van der Waals surface area contributed by atoms with E-state index in [0.29, 0.717) is 88.7 Å². The van der Waals surface area contributed by atoms with E-state index in [0.717, 1.165) is 4.47 Å². The molecule has 0 saturated heterocycles. The molecule has 12 nitrogen and oxygen atoms in total. The van der Waals surface area contributed by atoms with Gasteiger partial charge in [0.2, 0.25) is 0 Å². The lowest BCUT2D eigenvalue weighted by atomic mass is 9.98. The molecule has 0 unspecified atom stereocenters. The van der Waals surface area contributed by atoms with Crippen LogP contribution in [-0.4, -0.2) is 73.3 Å². The van der Waals surface area contributed by atoms with Crippen molar-refractivity contribution in [1.82, 2.24) is 9.55 Å². The first-order chi connectivity index (χ1) is 31.0. The predicted octanol–water partition coefficient (Wildman–Crippen LogP) is 10.2. The molecule has 2 heterocycles. The maximum atomic E-state index is 12.8. The summed E-state index contributed by atoms with van der Waals surface area (Å²) in [4.78, 5) is 67.4. The molecule has 64 heavy (non-hydrogen) atoms. The average Bonchev–Trinajstić information content (AvgIpc) is 3.94. The first-order valence-electron chi connectivity index (χ1n) is 19.6. The Morgan fingerprint density at radius 1 is 0.469 bits per heavy atom. The van der Waals surface area contributed by atoms with Gasteiger partial charge >= 0.3 is 23.9 Å². The van der Waals surface area contributed by atoms with Crippen molar-refractivity contribution in [2.24, 2.45) is 9.98 Å². The third-order valence-electron chi connectivity index (χ3n) is 10.6. The smallest absolute Gasteiger partial charge is 0.337 e. The quantitative estimate of drug-likeness (QED) is 0.0912. The molecule has 0 saturated carbocycles. The Morgan fingerprint density at radius 3 is 1.25 bits per heavy atom. The molecule has 318 valence electrons. The molecular weight excluding hydrogens is 944 g/mol. The standard InChI is InChI=1S/C50H36Br2N4O8/c1-61-46(57)33-21-13-29(14-22-33)41-42(30-15-23-34(24-16-30)47(58)62-2)55-50(54-41,38-10-6-8-12-40(38)52)56-44(32-19-27-36(28-20-32)49(60)64-4)43(31-17-25-35(26-18-31)48(59)63-3)53-45(56)37-9-5-7-11-39(37)51/h5-28H,1-4H3. The zero-order chi connectivity index (χ0) is 45.1. The third kappa shape index (κ3) is 7.97. The molecule has 0 spiro atoms. The van der Waals surface area contributed by atoms with Gasteiger partial charge in [-0.05, 0) is 60.7 Å². The molecule has 0 bridgehead atoms. The van der Waals surface area contributed by atoms with E-state index in [-0.39, 0.29) is 0 Å². The third-order valence-corrected chi connectivity index (χ3v) is 12.0. The fourth-order valence-electron chi connectivity index (χ4n) is 7.46. The van der Waals surface area contributed by atoms with E-state index < -0.39 is 29.7 Å². The lowest BCUT2D eigenvalue weighted by molar-refractivity contribution is 0.0592. The number of benzene rings is 6. The summed E-state index contributed by atoms with van der Waals surface area (Å²) in [5, 5.41) is 0. The van der Waals surface area contributed by atoms with Crippen LogP contribution in [-0.2, 0) is 24.7 Å². The average molecular weight is 981 g/mol. The second-order valence-electron chi connectivity index (χ2n) is 14.3. The van der Waals surface area contributed by atoms with Gasteiger partial charge in [0.25, 0.3) is 5.79 Å². The van der Waals surface area contributed by atoms with Crippen molar-refractivity contribution in [2.75, 3.05) is 28.4 Å². The summed E-state index contributed by atoms with van der Waals surface area (Å²) in [5.41, 5.74) is 7.22. The Kier molecular flexibility index (Phi) is 12.3. The molecule has 6 aromatic carbocycles. The number of halogens is 2. The molecule has 14 heteroatoms. The van der Waals surface area contributed by atoms with Crippen LogP contribution in [0.1, 0.15) is 58.1 Å².